The first kappa shape index (κ1) is 21.4. The zero-order valence-electron chi connectivity index (χ0n) is 17.5. The number of carbonyl (C=O) groups is 2. The fourth-order valence-corrected chi connectivity index (χ4v) is 4.10. The van der Waals surface area contributed by atoms with E-state index in [4.69, 9.17) is 0 Å². The summed E-state index contributed by atoms with van der Waals surface area (Å²) in [5, 5.41) is 2.96. The number of benzene rings is 2. The third-order valence-corrected chi connectivity index (χ3v) is 6.16. The highest BCUT2D eigenvalue weighted by Gasteiger charge is 2.19. The minimum atomic E-state index is -0.00818. The molecular weight excluding hydrogens is 380 g/mol. The van der Waals surface area contributed by atoms with Crippen LogP contribution in [-0.4, -0.2) is 35.6 Å². The van der Waals surface area contributed by atoms with Gasteiger partial charge in [-0.05, 0) is 53.6 Å². The quantitative estimate of drug-likeness (QED) is 0.707. The summed E-state index contributed by atoms with van der Waals surface area (Å²) in [5.74, 6) is 0.456. The van der Waals surface area contributed by atoms with E-state index in [1.807, 2.05) is 29.2 Å². The number of nitrogens with zero attached hydrogens (tertiary/aromatic N) is 1. The van der Waals surface area contributed by atoms with Gasteiger partial charge in [-0.1, -0.05) is 45.0 Å². The molecule has 0 atom stereocenters. The van der Waals surface area contributed by atoms with E-state index in [9.17, 15) is 9.59 Å². The van der Waals surface area contributed by atoms with E-state index >= 15 is 0 Å². The van der Waals surface area contributed by atoms with Crippen molar-refractivity contribution >= 4 is 23.6 Å². The largest absolute Gasteiger partial charge is 0.351 e. The van der Waals surface area contributed by atoms with Crippen molar-refractivity contribution in [3.05, 3.63) is 65.2 Å². The Morgan fingerprint density at radius 2 is 1.72 bits per heavy atom. The summed E-state index contributed by atoms with van der Waals surface area (Å²) in [6, 6.07) is 16.0. The molecular formula is C24H30N2O2S. The van der Waals surface area contributed by atoms with Crippen molar-refractivity contribution in [3.63, 3.8) is 0 Å². The molecule has 0 spiro atoms. The SMILES string of the molecule is CC(C)(C)c1ccc(SCC(=O)NCc2cccc(C(=O)N3CCCC3)c2)cc1. The van der Waals surface area contributed by atoms with Gasteiger partial charge in [-0.2, -0.15) is 0 Å². The smallest absolute Gasteiger partial charge is 0.253 e. The van der Waals surface area contributed by atoms with Crippen LogP contribution < -0.4 is 5.32 Å². The molecule has 154 valence electrons. The second-order valence-electron chi connectivity index (χ2n) is 8.54. The van der Waals surface area contributed by atoms with Crippen LogP contribution in [0, 0.1) is 0 Å². The Hall–Kier alpha value is -2.27. The number of thioether (sulfide) groups is 1. The number of nitrogens with one attached hydrogen (secondary N) is 1. The highest BCUT2D eigenvalue weighted by molar-refractivity contribution is 8.00. The van der Waals surface area contributed by atoms with Crippen LogP contribution in [0.3, 0.4) is 0 Å². The summed E-state index contributed by atoms with van der Waals surface area (Å²) >= 11 is 1.54. The van der Waals surface area contributed by atoms with Gasteiger partial charge < -0.3 is 10.2 Å². The highest BCUT2D eigenvalue weighted by Crippen LogP contribution is 2.25. The van der Waals surface area contributed by atoms with Gasteiger partial charge >= 0.3 is 0 Å². The van der Waals surface area contributed by atoms with Crippen LogP contribution in [0.1, 0.15) is 55.1 Å². The number of amides is 2. The van der Waals surface area contributed by atoms with Gasteiger partial charge in [0.05, 0.1) is 5.75 Å². The molecule has 1 saturated heterocycles. The Balaban J connectivity index is 1.48. The first-order valence-corrected chi connectivity index (χ1v) is 11.2. The molecule has 0 unspecified atom stereocenters. The third kappa shape index (κ3) is 6.10. The Labute approximate surface area is 178 Å². The van der Waals surface area contributed by atoms with E-state index in [1.54, 1.807) is 0 Å². The van der Waals surface area contributed by atoms with Gasteiger partial charge in [0.25, 0.3) is 5.91 Å². The predicted octanol–water partition coefficient (Wildman–Crippen LogP) is 4.63. The summed E-state index contributed by atoms with van der Waals surface area (Å²) in [5.41, 5.74) is 3.06. The molecule has 0 saturated carbocycles. The second kappa shape index (κ2) is 9.49. The van der Waals surface area contributed by atoms with E-state index in [0.717, 1.165) is 36.4 Å². The summed E-state index contributed by atoms with van der Waals surface area (Å²) in [7, 11) is 0. The maximum absolute atomic E-state index is 12.5. The lowest BCUT2D eigenvalue weighted by Crippen LogP contribution is -2.28. The van der Waals surface area contributed by atoms with Crippen molar-refractivity contribution < 1.29 is 9.59 Å². The lowest BCUT2D eigenvalue weighted by atomic mass is 9.87. The molecule has 2 amide bonds. The second-order valence-corrected chi connectivity index (χ2v) is 9.59. The van der Waals surface area contributed by atoms with Crippen molar-refractivity contribution in [2.45, 2.75) is 50.5 Å². The van der Waals surface area contributed by atoms with Gasteiger partial charge in [-0.25, -0.2) is 0 Å². The van der Waals surface area contributed by atoms with E-state index in [1.165, 1.54) is 17.3 Å². The Morgan fingerprint density at radius 1 is 1.03 bits per heavy atom. The van der Waals surface area contributed by atoms with E-state index < -0.39 is 0 Å². The topological polar surface area (TPSA) is 49.4 Å². The summed E-state index contributed by atoms with van der Waals surface area (Å²) in [6.07, 6.45) is 2.16. The molecule has 5 heteroatoms. The Bertz CT molecular complexity index is 850. The lowest BCUT2D eigenvalue weighted by molar-refractivity contribution is -0.118. The fraction of sp³-hybridized carbons (Fsp3) is 0.417. The van der Waals surface area contributed by atoms with Crippen LogP contribution in [0.5, 0.6) is 0 Å². The molecule has 0 bridgehead atoms. The van der Waals surface area contributed by atoms with Crippen molar-refractivity contribution in [2.24, 2.45) is 0 Å². The molecule has 1 fully saturated rings. The molecule has 4 nitrogen and oxygen atoms in total. The molecule has 29 heavy (non-hydrogen) atoms. The highest BCUT2D eigenvalue weighted by atomic mass is 32.2. The molecule has 0 aliphatic carbocycles. The van der Waals surface area contributed by atoms with E-state index in [-0.39, 0.29) is 17.2 Å². The van der Waals surface area contributed by atoms with Gasteiger partial charge in [-0.3, -0.25) is 9.59 Å². The molecule has 0 radical (unpaired) electrons. The van der Waals surface area contributed by atoms with Crippen molar-refractivity contribution in [3.8, 4) is 0 Å². The summed E-state index contributed by atoms with van der Waals surface area (Å²) in [6.45, 7) is 8.69. The van der Waals surface area contributed by atoms with Crippen LogP contribution in [0.25, 0.3) is 0 Å². The molecule has 1 aliphatic heterocycles. The van der Waals surface area contributed by atoms with Gasteiger partial charge in [0.15, 0.2) is 0 Å². The van der Waals surface area contributed by atoms with Gasteiger partial charge in [-0.15, -0.1) is 11.8 Å². The Kier molecular flexibility index (Phi) is 7.01. The van der Waals surface area contributed by atoms with Crippen LogP contribution in [0.4, 0.5) is 0 Å². The average molecular weight is 411 g/mol. The molecule has 2 aromatic rings. The molecule has 2 aromatic carbocycles. The maximum atomic E-state index is 12.5. The molecule has 0 aromatic heterocycles. The first-order valence-electron chi connectivity index (χ1n) is 10.2. The lowest BCUT2D eigenvalue weighted by Gasteiger charge is -2.19. The van der Waals surface area contributed by atoms with Crippen LogP contribution in [0.15, 0.2) is 53.4 Å². The fourth-order valence-electron chi connectivity index (χ4n) is 3.37. The minimum absolute atomic E-state index is 0.00818. The molecule has 1 aliphatic rings. The van der Waals surface area contributed by atoms with Gasteiger partial charge in [0.1, 0.15) is 0 Å². The third-order valence-electron chi connectivity index (χ3n) is 5.15. The van der Waals surface area contributed by atoms with Crippen molar-refractivity contribution in [1.82, 2.24) is 10.2 Å². The normalized spacial score (nSPS) is 14.1. The number of rotatable bonds is 6. The van der Waals surface area contributed by atoms with E-state index in [2.05, 4.69) is 50.4 Å². The standard InChI is InChI=1S/C24H30N2O2S/c1-24(2,3)20-9-11-21(12-10-20)29-17-22(27)25-16-18-7-6-8-19(15-18)23(28)26-13-4-5-14-26/h6-12,15H,4-5,13-14,16-17H2,1-3H3,(H,25,27). The first-order chi connectivity index (χ1) is 13.8. The Morgan fingerprint density at radius 3 is 2.38 bits per heavy atom. The summed E-state index contributed by atoms with van der Waals surface area (Å²) < 4.78 is 0. The molecule has 1 heterocycles. The number of likely N-dealkylation sites (tertiary alicyclic amines) is 1. The van der Waals surface area contributed by atoms with Crippen molar-refractivity contribution in [1.29, 1.82) is 0 Å². The summed E-state index contributed by atoms with van der Waals surface area (Å²) in [4.78, 5) is 27.7. The van der Waals surface area contributed by atoms with Crippen molar-refractivity contribution in [2.75, 3.05) is 18.8 Å². The minimum Gasteiger partial charge on any atom is -0.351 e. The molecule has 3 rings (SSSR count). The van der Waals surface area contributed by atoms with Gasteiger partial charge in [0, 0.05) is 30.1 Å². The predicted molar refractivity (Wildman–Crippen MR) is 119 cm³/mol. The van der Waals surface area contributed by atoms with Crippen LogP contribution in [-0.2, 0) is 16.8 Å². The van der Waals surface area contributed by atoms with Gasteiger partial charge in [0.2, 0.25) is 5.91 Å². The monoisotopic (exact) mass is 410 g/mol. The van der Waals surface area contributed by atoms with E-state index in [0.29, 0.717) is 17.9 Å². The average Bonchev–Trinajstić information content (AvgIpc) is 3.25. The number of hydrogen-bond acceptors (Lipinski definition) is 3. The van der Waals surface area contributed by atoms with Crippen LogP contribution >= 0.6 is 11.8 Å². The zero-order valence-corrected chi connectivity index (χ0v) is 18.3. The van der Waals surface area contributed by atoms with Crippen LogP contribution in [0.2, 0.25) is 0 Å². The molecule has 1 N–H and O–H groups in total. The zero-order chi connectivity index (χ0) is 20.9. The number of hydrogen-bond donors (Lipinski definition) is 1. The number of carbonyl (C=O) groups excluding carboxylic acids is 2. The maximum Gasteiger partial charge on any atom is 0.253 e.